The average molecular weight is 167 g/mol. The lowest BCUT2D eigenvalue weighted by Gasteiger charge is -2.11. The minimum Gasteiger partial charge on any atom is -0.304 e. The Morgan fingerprint density at radius 1 is 1.11 bits per heavy atom. The second-order valence-corrected chi connectivity index (χ2v) is 2.44. The first-order valence-corrected chi connectivity index (χ1v) is 3.68. The van der Waals surface area contributed by atoms with E-state index in [1.165, 1.54) is 0 Å². The Morgan fingerprint density at radius 3 is 1.67 bits per heavy atom. The second kappa shape index (κ2) is 8.60. The van der Waals surface area contributed by atoms with Crippen molar-refractivity contribution in [1.82, 2.24) is 4.90 Å². The third-order valence-electron chi connectivity index (χ3n) is 0.932. The number of hydrogen-bond donors (Lipinski definition) is 0. The SMILES string of the molecule is CN(CCCl)CCCl.[B]. The molecule has 0 aromatic rings. The van der Waals surface area contributed by atoms with Crippen LogP contribution in [-0.4, -0.2) is 45.2 Å². The van der Waals surface area contributed by atoms with Crippen molar-refractivity contribution in [2.45, 2.75) is 0 Å². The molecule has 9 heavy (non-hydrogen) atoms. The number of halogens is 2. The Balaban J connectivity index is 0. The van der Waals surface area contributed by atoms with E-state index in [0.29, 0.717) is 11.8 Å². The van der Waals surface area contributed by atoms with Crippen LogP contribution in [0, 0.1) is 0 Å². The Labute approximate surface area is 68.9 Å². The molecule has 4 heteroatoms. The van der Waals surface area contributed by atoms with Crippen molar-refractivity contribution >= 4 is 31.6 Å². The highest BCUT2D eigenvalue weighted by atomic mass is 35.5. The van der Waals surface area contributed by atoms with E-state index in [-0.39, 0.29) is 8.41 Å². The van der Waals surface area contributed by atoms with E-state index in [4.69, 9.17) is 23.2 Å². The zero-order chi connectivity index (χ0) is 6.41. The molecule has 0 N–H and O–H groups in total. The maximum absolute atomic E-state index is 5.45. The number of nitrogens with zero attached hydrogens (tertiary/aromatic N) is 1. The highest BCUT2D eigenvalue weighted by Crippen LogP contribution is 1.85. The van der Waals surface area contributed by atoms with Crippen LogP contribution in [0.1, 0.15) is 0 Å². The van der Waals surface area contributed by atoms with Gasteiger partial charge in [0.2, 0.25) is 0 Å². The van der Waals surface area contributed by atoms with Gasteiger partial charge < -0.3 is 4.90 Å². The summed E-state index contributed by atoms with van der Waals surface area (Å²) in [5.74, 6) is 1.38. The summed E-state index contributed by atoms with van der Waals surface area (Å²) in [7, 11) is 2.00. The molecule has 0 bridgehead atoms. The lowest BCUT2D eigenvalue weighted by molar-refractivity contribution is 0.378. The molecule has 0 aliphatic rings. The fraction of sp³-hybridized carbons (Fsp3) is 1.00. The van der Waals surface area contributed by atoms with E-state index >= 15 is 0 Å². The maximum Gasteiger partial charge on any atom is 0.0351 e. The van der Waals surface area contributed by atoms with Gasteiger partial charge in [0, 0.05) is 33.3 Å². The van der Waals surface area contributed by atoms with Gasteiger partial charge in [0.05, 0.1) is 0 Å². The predicted molar refractivity (Wildman–Crippen MR) is 44.7 cm³/mol. The molecular formula is C5H11BCl2N. The fourth-order valence-electron chi connectivity index (χ4n) is 0.400. The molecule has 0 unspecified atom stereocenters. The standard InChI is InChI=1S/C5H11Cl2N.B/c1-8(4-2-6)5-3-7;/h2-5H2,1H3;. The zero-order valence-electron chi connectivity index (χ0n) is 5.61. The summed E-state index contributed by atoms with van der Waals surface area (Å²) in [4.78, 5) is 2.10. The monoisotopic (exact) mass is 166 g/mol. The first-order chi connectivity index (χ1) is 3.81. The number of alkyl halides is 2. The molecule has 0 aliphatic heterocycles. The Kier molecular flexibility index (Phi) is 11.8. The Hall–Kier alpha value is 0.605. The molecule has 0 saturated heterocycles. The summed E-state index contributed by atoms with van der Waals surface area (Å²) in [5.41, 5.74) is 0. The maximum atomic E-state index is 5.45. The van der Waals surface area contributed by atoms with E-state index in [9.17, 15) is 0 Å². The van der Waals surface area contributed by atoms with Crippen molar-refractivity contribution in [3.05, 3.63) is 0 Å². The topological polar surface area (TPSA) is 3.24 Å². The first-order valence-electron chi connectivity index (χ1n) is 2.61. The van der Waals surface area contributed by atoms with Crippen molar-refractivity contribution < 1.29 is 0 Å². The molecule has 0 spiro atoms. The third kappa shape index (κ3) is 8.60. The van der Waals surface area contributed by atoms with Crippen LogP contribution in [0.25, 0.3) is 0 Å². The molecule has 0 fully saturated rings. The summed E-state index contributed by atoms with van der Waals surface area (Å²) in [6, 6.07) is 0. The van der Waals surface area contributed by atoms with Gasteiger partial charge in [-0.2, -0.15) is 0 Å². The quantitative estimate of drug-likeness (QED) is 0.446. The lowest BCUT2D eigenvalue weighted by Crippen LogP contribution is -2.22. The van der Waals surface area contributed by atoms with Crippen molar-refractivity contribution in [3.63, 3.8) is 0 Å². The summed E-state index contributed by atoms with van der Waals surface area (Å²) in [5, 5.41) is 0. The van der Waals surface area contributed by atoms with Crippen molar-refractivity contribution in [2.24, 2.45) is 0 Å². The van der Waals surface area contributed by atoms with Crippen molar-refractivity contribution in [2.75, 3.05) is 31.9 Å². The van der Waals surface area contributed by atoms with Gasteiger partial charge in [-0.1, -0.05) is 0 Å². The van der Waals surface area contributed by atoms with Gasteiger partial charge in [-0.25, -0.2) is 0 Å². The lowest BCUT2D eigenvalue weighted by atomic mass is 10.6. The van der Waals surface area contributed by atoms with Crippen LogP contribution >= 0.6 is 23.2 Å². The van der Waals surface area contributed by atoms with Crippen LogP contribution in [0.5, 0.6) is 0 Å². The van der Waals surface area contributed by atoms with Gasteiger partial charge in [-0.05, 0) is 7.05 Å². The van der Waals surface area contributed by atoms with Crippen LogP contribution < -0.4 is 0 Å². The zero-order valence-corrected chi connectivity index (χ0v) is 7.12. The van der Waals surface area contributed by atoms with E-state index in [1.54, 1.807) is 0 Å². The molecule has 53 valence electrons. The van der Waals surface area contributed by atoms with Gasteiger partial charge in [0.1, 0.15) is 0 Å². The highest BCUT2D eigenvalue weighted by molar-refractivity contribution is 6.18. The molecule has 0 saturated carbocycles. The van der Waals surface area contributed by atoms with Crippen LogP contribution in [0.3, 0.4) is 0 Å². The average Bonchev–Trinajstić information content (AvgIpc) is 1.68. The number of rotatable bonds is 4. The molecule has 1 nitrogen and oxygen atoms in total. The molecule has 0 atom stereocenters. The van der Waals surface area contributed by atoms with Crippen LogP contribution in [0.4, 0.5) is 0 Å². The second-order valence-electron chi connectivity index (χ2n) is 1.68. The smallest absolute Gasteiger partial charge is 0.0351 e. The van der Waals surface area contributed by atoms with Crippen molar-refractivity contribution in [1.29, 1.82) is 0 Å². The van der Waals surface area contributed by atoms with Gasteiger partial charge in [-0.3, -0.25) is 0 Å². The molecule has 0 amide bonds. The van der Waals surface area contributed by atoms with Gasteiger partial charge >= 0.3 is 0 Å². The van der Waals surface area contributed by atoms with E-state index in [0.717, 1.165) is 13.1 Å². The summed E-state index contributed by atoms with van der Waals surface area (Å²) >= 11 is 10.9. The third-order valence-corrected chi connectivity index (χ3v) is 1.27. The van der Waals surface area contributed by atoms with Crippen molar-refractivity contribution in [3.8, 4) is 0 Å². The largest absolute Gasteiger partial charge is 0.304 e. The van der Waals surface area contributed by atoms with E-state index < -0.39 is 0 Å². The minimum atomic E-state index is 0. The summed E-state index contributed by atoms with van der Waals surface area (Å²) in [6.45, 7) is 1.85. The molecular weight excluding hydrogens is 156 g/mol. The highest BCUT2D eigenvalue weighted by Gasteiger charge is 1.92. The molecule has 0 heterocycles. The minimum absolute atomic E-state index is 0. The molecule has 0 aromatic carbocycles. The molecule has 0 aromatic heterocycles. The van der Waals surface area contributed by atoms with Crippen LogP contribution in [-0.2, 0) is 0 Å². The molecule has 3 radical (unpaired) electrons. The molecule has 0 aliphatic carbocycles. The number of hydrogen-bond acceptors (Lipinski definition) is 1. The van der Waals surface area contributed by atoms with Gasteiger partial charge in [0.15, 0.2) is 0 Å². The van der Waals surface area contributed by atoms with Crippen LogP contribution in [0.15, 0.2) is 0 Å². The fourth-order valence-corrected chi connectivity index (χ4v) is 0.977. The normalized spacial score (nSPS) is 9.33. The molecule has 0 rings (SSSR count). The Bertz CT molecular complexity index is 48.2. The summed E-state index contributed by atoms with van der Waals surface area (Å²) in [6.07, 6.45) is 0. The Morgan fingerprint density at radius 2 is 1.44 bits per heavy atom. The van der Waals surface area contributed by atoms with E-state index in [1.807, 2.05) is 7.05 Å². The van der Waals surface area contributed by atoms with E-state index in [2.05, 4.69) is 4.90 Å². The van der Waals surface area contributed by atoms with Gasteiger partial charge in [0.25, 0.3) is 0 Å². The van der Waals surface area contributed by atoms with Gasteiger partial charge in [-0.15, -0.1) is 23.2 Å². The summed E-state index contributed by atoms with van der Waals surface area (Å²) < 4.78 is 0. The first kappa shape index (κ1) is 12.3. The predicted octanol–water partition coefficient (Wildman–Crippen LogP) is 1.01. The van der Waals surface area contributed by atoms with Crippen LogP contribution in [0.2, 0.25) is 0 Å².